The summed E-state index contributed by atoms with van der Waals surface area (Å²) in [6.07, 6.45) is 10.8. The fraction of sp³-hybridized carbons (Fsp3) is 0.750. The molecule has 1 saturated carbocycles. The topological polar surface area (TPSA) is 50.1 Å². The van der Waals surface area contributed by atoms with Crippen LogP contribution >= 0.6 is 0 Å². The monoisotopic (exact) mass is 356 g/mol. The minimum atomic E-state index is 0.518. The lowest BCUT2D eigenvalue weighted by atomic mass is 10.1. The van der Waals surface area contributed by atoms with Crippen LogP contribution in [0.4, 0.5) is 5.82 Å². The van der Waals surface area contributed by atoms with E-state index in [0.29, 0.717) is 12.0 Å². The number of likely N-dealkylation sites (tertiary alicyclic amines) is 1. The molecule has 2 aromatic rings. The van der Waals surface area contributed by atoms with Crippen LogP contribution in [0.15, 0.2) is 6.20 Å². The molecule has 3 heterocycles. The lowest BCUT2D eigenvalue weighted by molar-refractivity contribution is 0.249. The van der Waals surface area contributed by atoms with E-state index in [1.54, 1.807) is 0 Å². The van der Waals surface area contributed by atoms with Gasteiger partial charge in [0.15, 0.2) is 5.65 Å². The zero-order valence-corrected chi connectivity index (χ0v) is 16.5. The summed E-state index contributed by atoms with van der Waals surface area (Å²) in [5.74, 6) is 2.59. The number of fused-ring (bicyclic) bond motifs is 1. The maximum atomic E-state index is 5.02. The van der Waals surface area contributed by atoms with E-state index in [9.17, 15) is 0 Å². The third-order valence-electron chi connectivity index (χ3n) is 6.32. The Morgan fingerprint density at radius 1 is 1.15 bits per heavy atom. The Morgan fingerprint density at radius 2 is 1.88 bits per heavy atom. The van der Waals surface area contributed by atoms with Gasteiger partial charge >= 0.3 is 0 Å². The van der Waals surface area contributed by atoms with Gasteiger partial charge in [-0.3, -0.25) is 4.68 Å². The van der Waals surface area contributed by atoms with Crippen molar-refractivity contribution in [2.45, 2.75) is 63.8 Å². The van der Waals surface area contributed by atoms with Crippen molar-refractivity contribution in [3.63, 3.8) is 0 Å². The van der Waals surface area contributed by atoms with E-state index in [0.717, 1.165) is 29.2 Å². The largest absolute Gasteiger partial charge is 0.359 e. The Morgan fingerprint density at radius 3 is 2.62 bits per heavy atom. The summed E-state index contributed by atoms with van der Waals surface area (Å²) < 4.78 is 1.89. The molecule has 0 unspecified atom stereocenters. The van der Waals surface area contributed by atoms with E-state index in [2.05, 4.69) is 28.9 Å². The molecule has 1 aliphatic heterocycles. The van der Waals surface area contributed by atoms with E-state index in [4.69, 9.17) is 9.97 Å². The van der Waals surface area contributed by atoms with E-state index in [-0.39, 0.29) is 0 Å². The highest BCUT2D eigenvalue weighted by atomic mass is 15.3. The molecule has 0 spiro atoms. The van der Waals surface area contributed by atoms with Gasteiger partial charge < -0.3 is 9.80 Å². The van der Waals surface area contributed by atoms with Gasteiger partial charge in [-0.15, -0.1) is 0 Å². The molecular weight excluding hydrogens is 324 g/mol. The van der Waals surface area contributed by atoms with Crippen molar-refractivity contribution in [1.29, 1.82) is 0 Å². The van der Waals surface area contributed by atoms with Crippen LogP contribution in [0.1, 0.15) is 63.6 Å². The van der Waals surface area contributed by atoms with Crippen molar-refractivity contribution in [3.05, 3.63) is 12.0 Å². The molecule has 6 heteroatoms. The third kappa shape index (κ3) is 3.43. The maximum absolute atomic E-state index is 5.02. The molecule has 2 aliphatic rings. The average molecular weight is 357 g/mol. The predicted molar refractivity (Wildman–Crippen MR) is 106 cm³/mol. The molecule has 4 rings (SSSR count). The summed E-state index contributed by atoms with van der Waals surface area (Å²) in [5, 5.41) is 5.52. The van der Waals surface area contributed by atoms with Crippen LogP contribution in [-0.4, -0.2) is 57.4 Å². The van der Waals surface area contributed by atoms with Gasteiger partial charge in [0.1, 0.15) is 11.6 Å². The van der Waals surface area contributed by atoms with Gasteiger partial charge in [-0.2, -0.15) is 5.10 Å². The number of aryl methyl sites for hydroxylation is 1. The molecule has 0 amide bonds. The Labute approximate surface area is 156 Å². The smallest absolute Gasteiger partial charge is 0.163 e. The Bertz CT molecular complexity index is 742. The molecule has 142 valence electrons. The summed E-state index contributed by atoms with van der Waals surface area (Å²) >= 11 is 0. The van der Waals surface area contributed by atoms with Crippen LogP contribution in [0.3, 0.4) is 0 Å². The van der Waals surface area contributed by atoms with E-state index >= 15 is 0 Å². The molecule has 0 radical (unpaired) electrons. The van der Waals surface area contributed by atoms with Gasteiger partial charge in [-0.05, 0) is 52.1 Å². The number of hydrogen-bond donors (Lipinski definition) is 0. The standard InChI is InChI=1S/C20H32N6/c1-15(26-11-6-7-12-26)10-13-24(2)19-17-14-21-25(3)20(17)23-18(22-19)16-8-4-5-9-16/h14-16H,4-13H2,1-3H3/t15-/m1/s1. The van der Waals surface area contributed by atoms with E-state index in [1.807, 2.05) is 17.9 Å². The highest BCUT2D eigenvalue weighted by molar-refractivity contribution is 5.86. The number of aromatic nitrogens is 4. The Balaban J connectivity index is 1.55. The van der Waals surface area contributed by atoms with E-state index in [1.165, 1.54) is 58.0 Å². The second-order valence-corrected chi connectivity index (χ2v) is 8.19. The molecule has 0 aromatic carbocycles. The Kier molecular flexibility index (Phi) is 5.11. The van der Waals surface area contributed by atoms with Gasteiger partial charge in [0.05, 0.1) is 11.6 Å². The third-order valence-corrected chi connectivity index (χ3v) is 6.32. The molecule has 26 heavy (non-hydrogen) atoms. The minimum Gasteiger partial charge on any atom is -0.359 e. The van der Waals surface area contributed by atoms with Crippen molar-refractivity contribution in [2.75, 3.05) is 31.6 Å². The van der Waals surface area contributed by atoms with Crippen molar-refractivity contribution >= 4 is 16.9 Å². The fourth-order valence-corrected chi connectivity index (χ4v) is 4.53. The van der Waals surface area contributed by atoms with E-state index < -0.39 is 0 Å². The quantitative estimate of drug-likeness (QED) is 0.794. The van der Waals surface area contributed by atoms with Crippen LogP contribution in [0.2, 0.25) is 0 Å². The summed E-state index contributed by atoms with van der Waals surface area (Å²) in [6.45, 7) is 5.90. The van der Waals surface area contributed by atoms with Gasteiger partial charge in [-0.1, -0.05) is 12.8 Å². The highest BCUT2D eigenvalue weighted by Gasteiger charge is 2.24. The molecule has 1 aliphatic carbocycles. The number of rotatable bonds is 6. The van der Waals surface area contributed by atoms with Crippen LogP contribution in [-0.2, 0) is 7.05 Å². The molecule has 0 N–H and O–H groups in total. The van der Waals surface area contributed by atoms with Crippen molar-refractivity contribution in [1.82, 2.24) is 24.6 Å². The lowest BCUT2D eigenvalue weighted by Crippen LogP contribution is -2.33. The van der Waals surface area contributed by atoms with Gasteiger partial charge in [0.25, 0.3) is 0 Å². The van der Waals surface area contributed by atoms with Crippen LogP contribution < -0.4 is 4.90 Å². The first-order chi connectivity index (χ1) is 12.6. The van der Waals surface area contributed by atoms with Gasteiger partial charge in [0.2, 0.25) is 0 Å². The summed E-state index contributed by atoms with van der Waals surface area (Å²) in [5.41, 5.74) is 0.969. The van der Waals surface area contributed by atoms with Crippen molar-refractivity contribution < 1.29 is 0 Å². The molecule has 1 atom stereocenters. The van der Waals surface area contributed by atoms with Crippen LogP contribution in [0.5, 0.6) is 0 Å². The first kappa shape index (κ1) is 17.7. The zero-order chi connectivity index (χ0) is 18.1. The minimum absolute atomic E-state index is 0.518. The normalized spacial score (nSPS) is 20.3. The van der Waals surface area contributed by atoms with Gasteiger partial charge in [-0.25, -0.2) is 9.97 Å². The molecule has 0 bridgehead atoms. The second-order valence-electron chi connectivity index (χ2n) is 8.19. The highest BCUT2D eigenvalue weighted by Crippen LogP contribution is 2.34. The lowest BCUT2D eigenvalue weighted by Gasteiger charge is -2.27. The summed E-state index contributed by atoms with van der Waals surface area (Å²) in [4.78, 5) is 14.8. The molecular formula is C20H32N6. The Hall–Kier alpha value is -1.69. The number of hydrogen-bond acceptors (Lipinski definition) is 5. The number of anilines is 1. The first-order valence-corrected chi connectivity index (χ1v) is 10.3. The summed E-state index contributed by atoms with van der Waals surface area (Å²) in [6, 6.07) is 0.639. The molecule has 2 aromatic heterocycles. The van der Waals surface area contributed by atoms with Gasteiger partial charge in [0, 0.05) is 32.6 Å². The summed E-state index contributed by atoms with van der Waals surface area (Å²) in [7, 11) is 4.15. The van der Waals surface area contributed by atoms with Crippen LogP contribution in [0.25, 0.3) is 11.0 Å². The second kappa shape index (κ2) is 7.51. The van der Waals surface area contributed by atoms with Crippen molar-refractivity contribution in [3.8, 4) is 0 Å². The molecule has 1 saturated heterocycles. The predicted octanol–water partition coefficient (Wildman–Crippen LogP) is 3.33. The van der Waals surface area contributed by atoms with Crippen LogP contribution in [0, 0.1) is 0 Å². The average Bonchev–Trinajstić information content (AvgIpc) is 3.40. The SMILES string of the molecule is C[C@H](CCN(C)c1nc(C2CCCC2)nc2c1cnn2C)N1CCCC1. The first-order valence-electron chi connectivity index (χ1n) is 10.3. The zero-order valence-electron chi connectivity index (χ0n) is 16.5. The fourth-order valence-electron chi connectivity index (χ4n) is 4.53. The number of nitrogens with zero attached hydrogens (tertiary/aromatic N) is 6. The maximum Gasteiger partial charge on any atom is 0.163 e. The molecule has 2 fully saturated rings. The van der Waals surface area contributed by atoms with Crippen molar-refractivity contribution in [2.24, 2.45) is 7.05 Å². The molecule has 6 nitrogen and oxygen atoms in total.